The summed E-state index contributed by atoms with van der Waals surface area (Å²) in [5, 5.41) is 1.01. The summed E-state index contributed by atoms with van der Waals surface area (Å²) in [6, 6.07) is 10.4. The average Bonchev–Trinajstić information content (AvgIpc) is 3.09. The van der Waals surface area contributed by atoms with Crippen LogP contribution in [0.2, 0.25) is 10.0 Å². The molecule has 10 nitrogen and oxygen atoms in total. The van der Waals surface area contributed by atoms with Crippen molar-refractivity contribution >= 4 is 90.2 Å². The predicted molar refractivity (Wildman–Crippen MR) is 204 cm³/mol. The number of benzene rings is 2. The molecule has 0 N–H and O–H groups in total. The number of anilines is 2. The zero-order chi connectivity index (χ0) is 36.5. The van der Waals surface area contributed by atoms with Gasteiger partial charge in [0.15, 0.2) is 12.2 Å². The number of nitrogens with zero attached hydrogens (tertiary/aromatic N) is 4. The minimum Gasteiger partial charge on any atom is -0.449 e. The van der Waals surface area contributed by atoms with Gasteiger partial charge in [-0.3, -0.25) is 9.59 Å². The standard InChI is InChI=1S/C36H44Br2Cl2N4O6/c1-5-43(25-7-9-29(39)27(37)21-25)35(47)33(23-13-17-41(3)18-14-23)49-31(45)11-12-32(46)50-34(24-15-19-42(4)20-16-24)36(48)44(6-2)26-8-10-30(40)28(38)22-26/h7-12,21-24,33-34H,5-6,13-20H2,1-4H3/b12-11+. The largest absolute Gasteiger partial charge is 0.449 e. The van der Waals surface area contributed by atoms with Gasteiger partial charge in [-0.1, -0.05) is 23.2 Å². The topological polar surface area (TPSA) is 99.7 Å². The molecule has 0 aromatic heterocycles. The molecular weight excluding hydrogens is 815 g/mol. The van der Waals surface area contributed by atoms with Gasteiger partial charge in [-0.05, 0) is 148 Å². The van der Waals surface area contributed by atoms with E-state index in [9.17, 15) is 19.2 Å². The lowest BCUT2D eigenvalue weighted by Crippen LogP contribution is -2.48. The lowest BCUT2D eigenvalue weighted by Gasteiger charge is -2.35. The fraction of sp³-hybridized carbons (Fsp3) is 0.500. The highest BCUT2D eigenvalue weighted by atomic mass is 79.9. The van der Waals surface area contributed by atoms with Crippen molar-refractivity contribution in [1.82, 2.24) is 9.80 Å². The van der Waals surface area contributed by atoms with E-state index in [0.717, 1.165) is 38.3 Å². The van der Waals surface area contributed by atoms with Gasteiger partial charge in [-0.15, -0.1) is 0 Å². The first-order chi connectivity index (χ1) is 23.8. The predicted octanol–water partition coefficient (Wildman–Crippen LogP) is 6.99. The van der Waals surface area contributed by atoms with Crippen LogP contribution in [0, 0.1) is 11.8 Å². The molecule has 272 valence electrons. The van der Waals surface area contributed by atoms with Gasteiger partial charge >= 0.3 is 11.9 Å². The second-order valence-electron chi connectivity index (χ2n) is 12.7. The van der Waals surface area contributed by atoms with Crippen LogP contribution in [0.5, 0.6) is 0 Å². The molecule has 2 aliphatic rings. The zero-order valence-corrected chi connectivity index (χ0v) is 33.4. The Kier molecular flexibility index (Phi) is 15.2. The number of carbonyl (C=O) groups excluding carboxylic acids is 4. The first-order valence-electron chi connectivity index (χ1n) is 16.8. The van der Waals surface area contributed by atoms with E-state index in [1.54, 1.807) is 46.2 Å². The highest BCUT2D eigenvalue weighted by molar-refractivity contribution is 9.10. The minimum absolute atomic E-state index is 0.216. The Morgan fingerprint density at radius 2 is 1.06 bits per heavy atom. The summed E-state index contributed by atoms with van der Waals surface area (Å²) >= 11 is 19.2. The van der Waals surface area contributed by atoms with Crippen LogP contribution < -0.4 is 9.80 Å². The Morgan fingerprint density at radius 3 is 1.36 bits per heavy atom. The van der Waals surface area contributed by atoms with Gasteiger partial charge in [-0.2, -0.15) is 0 Å². The number of hydrogen-bond acceptors (Lipinski definition) is 8. The van der Waals surface area contributed by atoms with Crippen LogP contribution in [0.25, 0.3) is 0 Å². The molecule has 0 aliphatic carbocycles. The molecule has 2 aliphatic heterocycles. The van der Waals surface area contributed by atoms with E-state index in [-0.39, 0.29) is 23.7 Å². The third-order valence-corrected chi connectivity index (χ3v) is 11.7. The molecule has 2 unspecified atom stereocenters. The molecule has 2 fully saturated rings. The molecule has 2 saturated heterocycles. The fourth-order valence-corrected chi connectivity index (χ4v) is 7.34. The van der Waals surface area contributed by atoms with Crippen LogP contribution in [0.4, 0.5) is 11.4 Å². The highest BCUT2D eigenvalue weighted by Gasteiger charge is 2.38. The van der Waals surface area contributed by atoms with Crippen molar-refractivity contribution in [1.29, 1.82) is 0 Å². The molecule has 4 rings (SSSR count). The van der Waals surface area contributed by atoms with Crippen molar-refractivity contribution in [2.24, 2.45) is 11.8 Å². The van der Waals surface area contributed by atoms with Crippen LogP contribution >= 0.6 is 55.1 Å². The minimum atomic E-state index is -1.07. The summed E-state index contributed by atoms with van der Waals surface area (Å²) < 4.78 is 12.9. The van der Waals surface area contributed by atoms with Crippen molar-refractivity contribution in [3.63, 3.8) is 0 Å². The molecule has 50 heavy (non-hydrogen) atoms. The van der Waals surface area contributed by atoms with Crippen molar-refractivity contribution in [2.45, 2.75) is 51.7 Å². The summed E-state index contributed by atoms with van der Waals surface area (Å²) in [6.07, 6.45) is 2.43. The van der Waals surface area contributed by atoms with Crippen LogP contribution in [-0.2, 0) is 28.7 Å². The Morgan fingerprint density at radius 1 is 0.720 bits per heavy atom. The summed E-state index contributed by atoms with van der Waals surface area (Å²) in [7, 11) is 4.02. The van der Waals surface area contributed by atoms with Crippen LogP contribution in [0.1, 0.15) is 39.5 Å². The molecule has 14 heteroatoms. The van der Waals surface area contributed by atoms with Crippen LogP contribution in [0.15, 0.2) is 57.5 Å². The Bertz CT molecular complexity index is 1450. The van der Waals surface area contributed by atoms with Gasteiger partial charge < -0.3 is 29.1 Å². The molecule has 0 saturated carbocycles. The molecule has 2 aromatic carbocycles. The fourth-order valence-electron chi connectivity index (χ4n) is 6.37. The van der Waals surface area contributed by atoms with Gasteiger partial charge in [0.1, 0.15) is 0 Å². The van der Waals surface area contributed by atoms with Gasteiger partial charge in [0.25, 0.3) is 11.8 Å². The number of likely N-dealkylation sites (tertiary alicyclic amines) is 2. The number of halogens is 4. The van der Waals surface area contributed by atoms with Crippen LogP contribution in [0.3, 0.4) is 0 Å². The maximum Gasteiger partial charge on any atom is 0.331 e. The number of likely N-dealkylation sites (N-methyl/N-ethyl adjacent to an activating group) is 2. The van der Waals surface area contributed by atoms with Gasteiger partial charge in [0.05, 0.1) is 10.0 Å². The molecule has 2 aromatic rings. The number of carbonyl (C=O) groups is 4. The van der Waals surface area contributed by atoms with Crippen molar-refractivity contribution in [2.75, 3.05) is 63.2 Å². The van der Waals surface area contributed by atoms with E-state index in [4.69, 9.17) is 32.7 Å². The second kappa shape index (κ2) is 18.8. The van der Waals surface area contributed by atoms with Crippen molar-refractivity contribution in [3.8, 4) is 0 Å². The number of ether oxygens (including phenoxy) is 2. The quantitative estimate of drug-likeness (QED) is 0.167. The molecule has 2 amide bonds. The SMILES string of the molecule is CCN(C(=O)C(OC(=O)/C=C/C(=O)OC(C(=O)N(CC)c1ccc(Cl)c(Br)c1)C1CCN(C)CC1)C1CCN(C)CC1)c1ccc(Cl)c(Br)c1. The molecule has 2 heterocycles. The third kappa shape index (κ3) is 10.5. The average molecular weight is 859 g/mol. The van der Waals surface area contributed by atoms with E-state index in [1.807, 2.05) is 27.9 Å². The van der Waals surface area contributed by atoms with E-state index in [1.165, 1.54) is 0 Å². The van der Waals surface area contributed by atoms with Crippen molar-refractivity contribution < 1.29 is 28.7 Å². The number of esters is 2. The van der Waals surface area contributed by atoms with E-state index < -0.39 is 24.1 Å². The molecular formula is C36H44Br2Cl2N4O6. The van der Waals surface area contributed by atoms with E-state index in [2.05, 4.69) is 41.7 Å². The first-order valence-corrected chi connectivity index (χ1v) is 19.2. The number of amides is 2. The molecule has 0 bridgehead atoms. The first kappa shape index (κ1) is 40.3. The maximum atomic E-state index is 14.0. The lowest BCUT2D eigenvalue weighted by atomic mass is 9.90. The van der Waals surface area contributed by atoms with Crippen molar-refractivity contribution in [3.05, 3.63) is 67.5 Å². The molecule has 0 spiro atoms. The Hall–Kier alpha value is -2.48. The summed E-state index contributed by atoms with van der Waals surface area (Å²) in [5.41, 5.74) is 1.22. The van der Waals surface area contributed by atoms with E-state index >= 15 is 0 Å². The van der Waals surface area contributed by atoms with E-state index in [0.29, 0.717) is 69.1 Å². The Labute approximate surface area is 321 Å². The third-order valence-electron chi connectivity index (χ3n) is 9.31. The summed E-state index contributed by atoms with van der Waals surface area (Å²) in [5.74, 6) is -2.85. The smallest absolute Gasteiger partial charge is 0.331 e. The van der Waals surface area contributed by atoms with Gasteiger partial charge in [-0.25, -0.2) is 9.59 Å². The molecule has 0 radical (unpaired) electrons. The summed E-state index contributed by atoms with van der Waals surface area (Å²) in [6.45, 7) is 7.37. The monoisotopic (exact) mass is 856 g/mol. The van der Waals surface area contributed by atoms with Crippen LogP contribution in [-0.4, -0.2) is 99.1 Å². The maximum absolute atomic E-state index is 14.0. The molecule has 2 atom stereocenters. The highest BCUT2D eigenvalue weighted by Crippen LogP contribution is 2.32. The second-order valence-corrected chi connectivity index (χ2v) is 15.2. The number of rotatable bonds is 12. The Balaban J connectivity index is 1.52. The van der Waals surface area contributed by atoms with Gasteiger partial charge in [0, 0.05) is 57.4 Å². The zero-order valence-electron chi connectivity index (χ0n) is 28.7. The lowest BCUT2D eigenvalue weighted by molar-refractivity contribution is -0.156. The summed E-state index contributed by atoms with van der Waals surface area (Å²) in [4.78, 5) is 62.0. The number of hydrogen-bond donors (Lipinski definition) is 0. The number of piperidine rings is 2. The normalized spacial score (nSPS) is 17.7. The van der Waals surface area contributed by atoms with Gasteiger partial charge in [0.2, 0.25) is 0 Å².